The molecule has 0 spiro atoms. The van der Waals surface area contributed by atoms with Crippen LogP contribution < -0.4 is 4.74 Å². The van der Waals surface area contributed by atoms with Crippen LogP contribution in [0.1, 0.15) is 20.3 Å². The van der Waals surface area contributed by atoms with Gasteiger partial charge in [0.15, 0.2) is 11.5 Å². The van der Waals surface area contributed by atoms with E-state index in [1.165, 1.54) is 0 Å². The number of hydrogen-bond donors (Lipinski definition) is 0. The van der Waals surface area contributed by atoms with Crippen molar-refractivity contribution in [3.63, 3.8) is 0 Å². The number of ketones is 1. The number of nitro groups is 1. The van der Waals surface area contributed by atoms with Gasteiger partial charge in [-0.05, 0) is 6.42 Å². The van der Waals surface area contributed by atoms with Gasteiger partial charge < -0.3 is 4.74 Å². The second-order valence-corrected chi connectivity index (χ2v) is 4.87. The van der Waals surface area contributed by atoms with Crippen LogP contribution in [0.3, 0.4) is 0 Å². The summed E-state index contributed by atoms with van der Waals surface area (Å²) in [6.07, 6.45) is 0.712. The number of non-ortho nitro benzene ring substituents is 1. The van der Waals surface area contributed by atoms with Gasteiger partial charge in [0.1, 0.15) is 6.61 Å². The lowest BCUT2D eigenvalue weighted by Crippen LogP contribution is -2.18. The molecule has 0 radical (unpaired) electrons. The van der Waals surface area contributed by atoms with Crippen molar-refractivity contribution in [2.45, 2.75) is 20.3 Å². The van der Waals surface area contributed by atoms with Gasteiger partial charge in [-0.15, -0.1) is 0 Å². The summed E-state index contributed by atoms with van der Waals surface area (Å²) in [6, 6.07) is 2.27. The Morgan fingerprint density at radius 2 is 1.95 bits per heavy atom. The van der Waals surface area contributed by atoms with E-state index in [9.17, 15) is 14.9 Å². The SMILES string of the molecule is CCC(C)C(=O)COc1c(Cl)cc([N+](=O)[O-])cc1Cl. The van der Waals surface area contributed by atoms with Crippen LogP contribution in [0.25, 0.3) is 0 Å². The van der Waals surface area contributed by atoms with Crippen molar-refractivity contribution in [3.05, 3.63) is 32.3 Å². The average Bonchev–Trinajstić information content (AvgIpc) is 2.36. The van der Waals surface area contributed by atoms with E-state index in [1.54, 1.807) is 6.92 Å². The summed E-state index contributed by atoms with van der Waals surface area (Å²) in [6.45, 7) is 3.53. The molecule has 1 unspecified atom stereocenters. The van der Waals surface area contributed by atoms with Crippen molar-refractivity contribution >= 4 is 34.7 Å². The highest BCUT2D eigenvalue weighted by Gasteiger charge is 2.18. The molecule has 1 atom stereocenters. The minimum absolute atomic E-state index is 0.0103. The Labute approximate surface area is 120 Å². The topological polar surface area (TPSA) is 69.4 Å². The molecule has 0 heterocycles. The van der Waals surface area contributed by atoms with Crippen LogP contribution >= 0.6 is 23.2 Å². The molecule has 0 saturated heterocycles. The molecule has 0 saturated carbocycles. The van der Waals surface area contributed by atoms with Gasteiger partial charge in [-0.2, -0.15) is 0 Å². The van der Waals surface area contributed by atoms with E-state index in [-0.39, 0.29) is 39.8 Å². The van der Waals surface area contributed by atoms with Gasteiger partial charge >= 0.3 is 0 Å². The lowest BCUT2D eigenvalue weighted by atomic mass is 10.1. The number of ether oxygens (including phenoxy) is 1. The second-order valence-electron chi connectivity index (χ2n) is 4.06. The van der Waals surface area contributed by atoms with E-state index < -0.39 is 4.92 Å². The van der Waals surface area contributed by atoms with Crippen LogP contribution in [0.2, 0.25) is 10.0 Å². The lowest BCUT2D eigenvalue weighted by molar-refractivity contribution is -0.384. The van der Waals surface area contributed by atoms with Crippen LogP contribution in [-0.2, 0) is 4.79 Å². The predicted octanol–water partition coefficient (Wildman–Crippen LogP) is 3.90. The fraction of sp³-hybridized carbons (Fsp3) is 0.417. The Bertz CT molecular complexity index is 481. The van der Waals surface area contributed by atoms with Crippen LogP contribution in [0.5, 0.6) is 5.75 Å². The molecule has 104 valence electrons. The fourth-order valence-corrected chi connectivity index (χ4v) is 1.89. The number of hydrogen-bond acceptors (Lipinski definition) is 4. The van der Waals surface area contributed by atoms with Crippen molar-refractivity contribution < 1.29 is 14.5 Å². The zero-order valence-corrected chi connectivity index (χ0v) is 12.0. The third-order valence-electron chi connectivity index (χ3n) is 2.71. The summed E-state index contributed by atoms with van der Waals surface area (Å²) < 4.78 is 5.25. The van der Waals surface area contributed by atoms with Crippen LogP contribution in [0.4, 0.5) is 5.69 Å². The molecule has 19 heavy (non-hydrogen) atoms. The largest absolute Gasteiger partial charge is 0.483 e. The molecular formula is C12H13Cl2NO4. The van der Waals surface area contributed by atoms with E-state index in [0.29, 0.717) is 6.42 Å². The molecule has 0 fully saturated rings. The Morgan fingerprint density at radius 1 is 1.42 bits per heavy atom. The number of nitrogens with zero attached hydrogens (tertiary/aromatic N) is 1. The number of benzene rings is 1. The smallest absolute Gasteiger partial charge is 0.272 e. The molecule has 0 amide bonds. The highest BCUT2D eigenvalue weighted by molar-refractivity contribution is 6.37. The number of rotatable bonds is 6. The Kier molecular flexibility index (Phi) is 5.57. The number of halogens is 2. The minimum atomic E-state index is -0.605. The molecule has 0 aliphatic heterocycles. The van der Waals surface area contributed by atoms with Gasteiger partial charge in [0.2, 0.25) is 0 Å². The van der Waals surface area contributed by atoms with Gasteiger partial charge in [0.05, 0.1) is 15.0 Å². The van der Waals surface area contributed by atoms with Gasteiger partial charge in [-0.25, -0.2) is 0 Å². The van der Waals surface area contributed by atoms with Gasteiger partial charge in [0.25, 0.3) is 5.69 Å². The third kappa shape index (κ3) is 4.08. The Hall–Kier alpha value is -1.33. The number of carbonyl (C=O) groups excluding carboxylic acids is 1. The standard InChI is InChI=1S/C12H13Cl2NO4/c1-3-7(2)11(16)6-19-12-9(13)4-8(15(17)18)5-10(12)14/h4-5,7H,3,6H2,1-2H3. The maximum Gasteiger partial charge on any atom is 0.272 e. The van der Waals surface area contributed by atoms with Crippen LogP contribution in [0.15, 0.2) is 12.1 Å². The lowest BCUT2D eigenvalue weighted by Gasteiger charge is -2.11. The van der Waals surface area contributed by atoms with Crippen molar-refractivity contribution in [1.29, 1.82) is 0 Å². The van der Waals surface area contributed by atoms with Crippen LogP contribution in [0, 0.1) is 16.0 Å². The Morgan fingerprint density at radius 3 is 2.37 bits per heavy atom. The molecule has 1 aromatic rings. The van der Waals surface area contributed by atoms with Crippen molar-refractivity contribution in [3.8, 4) is 5.75 Å². The summed E-state index contributed by atoms with van der Waals surface area (Å²) in [5.41, 5.74) is -0.226. The van der Waals surface area contributed by atoms with Gasteiger partial charge in [0, 0.05) is 18.1 Å². The maximum atomic E-state index is 11.6. The number of nitro benzene ring substituents is 1. The summed E-state index contributed by atoms with van der Waals surface area (Å²) in [7, 11) is 0. The van der Waals surface area contributed by atoms with E-state index in [4.69, 9.17) is 27.9 Å². The van der Waals surface area contributed by atoms with E-state index >= 15 is 0 Å². The quantitative estimate of drug-likeness (QED) is 0.590. The first-order chi connectivity index (χ1) is 8.86. The number of carbonyl (C=O) groups is 1. The van der Waals surface area contributed by atoms with E-state index in [1.807, 2.05) is 6.92 Å². The van der Waals surface area contributed by atoms with Gasteiger partial charge in [-0.3, -0.25) is 14.9 Å². The van der Waals surface area contributed by atoms with Crippen LogP contribution in [-0.4, -0.2) is 17.3 Å². The van der Waals surface area contributed by atoms with Crippen molar-refractivity contribution in [2.75, 3.05) is 6.61 Å². The zero-order chi connectivity index (χ0) is 14.6. The number of Topliss-reactive ketones (excluding diaryl/α,β-unsaturated/α-hetero) is 1. The van der Waals surface area contributed by atoms with Crippen molar-refractivity contribution in [1.82, 2.24) is 0 Å². The molecule has 1 aromatic carbocycles. The summed E-state index contributed by atoms with van der Waals surface area (Å²) in [5, 5.41) is 10.6. The highest BCUT2D eigenvalue weighted by Crippen LogP contribution is 2.36. The predicted molar refractivity (Wildman–Crippen MR) is 73.1 cm³/mol. The second kappa shape index (κ2) is 6.73. The maximum absolute atomic E-state index is 11.6. The molecular weight excluding hydrogens is 293 g/mol. The fourth-order valence-electron chi connectivity index (χ4n) is 1.30. The van der Waals surface area contributed by atoms with E-state index in [0.717, 1.165) is 12.1 Å². The molecule has 1 rings (SSSR count). The van der Waals surface area contributed by atoms with E-state index in [2.05, 4.69) is 0 Å². The molecule has 0 bridgehead atoms. The Balaban J connectivity index is 2.85. The first-order valence-corrected chi connectivity index (χ1v) is 6.41. The first-order valence-electron chi connectivity index (χ1n) is 5.65. The monoisotopic (exact) mass is 305 g/mol. The normalized spacial score (nSPS) is 12.0. The minimum Gasteiger partial charge on any atom is -0.483 e. The molecule has 0 aromatic heterocycles. The van der Waals surface area contributed by atoms with Gasteiger partial charge in [-0.1, -0.05) is 37.0 Å². The average molecular weight is 306 g/mol. The summed E-state index contributed by atoms with van der Waals surface area (Å²) in [4.78, 5) is 21.6. The highest BCUT2D eigenvalue weighted by atomic mass is 35.5. The molecule has 0 aliphatic rings. The van der Waals surface area contributed by atoms with Crippen molar-refractivity contribution in [2.24, 2.45) is 5.92 Å². The first kappa shape index (κ1) is 15.7. The molecule has 5 nitrogen and oxygen atoms in total. The third-order valence-corrected chi connectivity index (χ3v) is 3.28. The summed E-state index contributed by atoms with van der Waals surface area (Å²) >= 11 is 11.7. The molecule has 7 heteroatoms. The molecule has 0 aliphatic carbocycles. The summed E-state index contributed by atoms with van der Waals surface area (Å²) in [5.74, 6) is -0.103. The zero-order valence-electron chi connectivity index (χ0n) is 10.5. The molecule has 0 N–H and O–H groups in total.